The summed E-state index contributed by atoms with van der Waals surface area (Å²) in [5, 5.41) is 5.34. The molecule has 8 heteroatoms. The molecule has 0 aliphatic rings. The van der Waals surface area contributed by atoms with Crippen molar-refractivity contribution in [2.75, 3.05) is 6.54 Å². The second kappa shape index (κ2) is 7.52. The minimum absolute atomic E-state index is 0.0365. The Hall–Kier alpha value is -2.67. The van der Waals surface area contributed by atoms with Gasteiger partial charge >= 0.3 is 0 Å². The van der Waals surface area contributed by atoms with Gasteiger partial charge in [0.15, 0.2) is 0 Å². The van der Waals surface area contributed by atoms with Crippen LogP contribution in [0.1, 0.15) is 29.7 Å². The van der Waals surface area contributed by atoms with E-state index >= 15 is 0 Å². The molecule has 0 aliphatic carbocycles. The molecular formula is C19H22ClN5O2. The van der Waals surface area contributed by atoms with E-state index in [9.17, 15) is 9.59 Å². The summed E-state index contributed by atoms with van der Waals surface area (Å²) in [5.41, 5.74) is 3.04. The summed E-state index contributed by atoms with van der Waals surface area (Å²) in [4.78, 5) is 34.0. The Labute approximate surface area is 162 Å². The number of halogens is 1. The number of benzene rings is 1. The van der Waals surface area contributed by atoms with Crippen LogP contribution in [0.2, 0.25) is 5.02 Å². The maximum atomic E-state index is 12.8. The zero-order valence-corrected chi connectivity index (χ0v) is 16.6. The molecule has 7 nitrogen and oxygen atoms in total. The van der Waals surface area contributed by atoms with Crippen LogP contribution in [0.25, 0.3) is 10.9 Å². The average molecular weight is 388 g/mol. The average Bonchev–Trinajstić information content (AvgIpc) is 2.85. The fourth-order valence-corrected chi connectivity index (χ4v) is 3.30. The van der Waals surface area contributed by atoms with Crippen molar-refractivity contribution >= 4 is 28.4 Å². The fraction of sp³-hybridized carbons (Fsp3) is 0.368. The second-order valence-electron chi connectivity index (χ2n) is 6.53. The van der Waals surface area contributed by atoms with Gasteiger partial charge in [0.1, 0.15) is 5.82 Å². The van der Waals surface area contributed by atoms with E-state index in [1.165, 1.54) is 0 Å². The Kier molecular flexibility index (Phi) is 5.32. The quantitative estimate of drug-likeness (QED) is 0.729. The van der Waals surface area contributed by atoms with Crippen molar-refractivity contribution in [3.05, 3.63) is 56.4 Å². The Morgan fingerprint density at radius 3 is 2.70 bits per heavy atom. The third-order valence-electron chi connectivity index (χ3n) is 4.78. The van der Waals surface area contributed by atoms with Gasteiger partial charge in [-0.05, 0) is 39.0 Å². The van der Waals surface area contributed by atoms with Gasteiger partial charge in [-0.2, -0.15) is 5.10 Å². The van der Waals surface area contributed by atoms with E-state index in [0.717, 1.165) is 17.0 Å². The molecule has 0 saturated carbocycles. The van der Waals surface area contributed by atoms with Crippen LogP contribution in [-0.4, -0.2) is 37.1 Å². The Morgan fingerprint density at radius 1 is 1.33 bits per heavy atom. The molecule has 0 fully saturated rings. The highest BCUT2D eigenvalue weighted by Gasteiger charge is 2.19. The first kappa shape index (κ1) is 19.1. The highest BCUT2D eigenvalue weighted by atomic mass is 35.5. The van der Waals surface area contributed by atoms with Crippen molar-refractivity contribution in [3.63, 3.8) is 0 Å². The summed E-state index contributed by atoms with van der Waals surface area (Å²) in [5.74, 6) is 0.398. The Balaban J connectivity index is 1.85. The minimum atomic E-state index is -0.242. The highest BCUT2D eigenvalue weighted by molar-refractivity contribution is 6.31. The molecule has 0 aliphatic heterocycles. The maximum Gasteiger partial charge on any atom is 0.258 e. The number of aryl methyl sites for hydroxylation is 2. The monoisotopic (exact) mass is 387 g/mol. The van der Waals surface area contributed by atoms with E-state index in [1.807, 2.05) is 27.8 Å². The number of amides is 1. The van der Waals surface area contributed by atoms with E-state index in [-0.39, 0.29) is 24.4 Å². The number of hydrogen-bond donors (Lipinski definition) is 1. The first-order valence-electron chi connectivity index (χ1n) is 8.75. The van der Waals surface area contributed by atoms with Crippen LogP contribution in [0, 0.1) is 13.8 Å². The Bertz CT molecular complexity index is 1070. The van der Waals surface area contributed by atoms with Gasteiger partial charge in [-0.3, -0.25) is 14.3 Å². The lowest BCUT2D eigenvalue weighted by Gasteiger charge is -2.20. The maximum absolute atomic E-state index is 12.8. The largest absolute Gasteiger partial charge is 0.335 e. The van der Waals surface area contributed by atoms with Gasteiger partial charge in [-0.15, -0.1) is 0 Å². The van der Waals surface area contributed by atoms with Crippen LogP contribution in [0.5, 0.6) is 0 Å². The number of aromatic nitrogens is 4. The summed E-state index contributed by atoms with van der Waals surface area (Å²) < 4.78 is 1.78. The molecule has 0 atom stereocenters. The molecule has 0 radical (unpaired) electrons. The van der Waals surface area contributed by atoms with Crippen LogP contribution < -0.4 is 5.56 Å². The van der Waals surface area contributed by atoms with Crippen molar-refractivity contribution in [2.45, 2.75) is 33.7 Å². The zero-order chi connectivity index (χ0) is 19.7. The topological polar surface area (TPSA) is 83.9 Å². The van der Waals surface area contributed by atoms with Gasteiger partial charge in [-0.25, -0.2) is 4.98 Å². The third-order valence-corrected chi connectivity index (χ3v) is 5.01. The van der Waals surface area contributed by atoms with E-state index < -0.39 is 0 Å². The number of carbonyl (C=O) groups excluding carboxylic acids is 1. The molecule has 142 valence electrons. The molecule has 3 rings (SSSR count). The molecule has 27 heavy (non-hydrogen) atoms. The summed E-state index contributed by atoms with van der Waals surface area (Å²) in [6.07, 6.45) is 0.267. The first-order chi connectivity index (χ1) is 12.8. The number of hydrogen-bond acceptors (Lipinski definition) is 4. The number of H-pyrrole nitrogens is 1. The molecule has 2 heterocycles. The molecule has 1 aromatic carbocycles. The predicted octanol–water partition coefficient (Wildman–Crippen LogP) is 2.52. The highest BCUT2D eigenvalue weighted by Crippen LogP contribution is 2.16. The summed E-state index contributed by atoms with van der Waals surface area (Å²) in [6.45, 7) is 6.49. The molecule has 3 aromatic rings. The number of aromatic amines is 1. The zero-order valence-electron chi connectivity index (χ0n) is 15.8. The van der Waals surface area contributed by atoms with Crippen LogP contribution >= 0.6 is 11.6 Å². The van der Waals surface area contributed by atoms with Crippen LogP contribution in [0.4, 0.5) is 0 Å². The SMILES string of the molecule is CCN(Cc1nc2cc(Cl)ccc2c(=O)[nH]1)C(=O)Cc1c(C)nn(C)c1C. The van der Waals surface area contributed by atoms with Gasteiger partial charge in [-0.1, -0.05) is 11.6 Å². The van der Waals surface area contributed by atoms with Crippen LogP contribution in [0.15, 0.2) is 23.0 Å². The van der Waals surface area contributed by atoms with E-state index in [0.29, 0.717) is 28.3 Å². The van der Waals surface area contributed by atoms with Crippen LogP contribution in [-0.2, 0) is 24.8 Å². The van der Waals surface area contributed by atoms with Gasteiger partial charge in [0, 0.05) is 29.9 Å². The molecule has 1 N–H and O–H groups in total. The number of rotatable bonds is 5. The molecule has 0 spiro atoms. The van der Waals surface area contributed by atoms with Crippen LogP contribution in [0.3, 0.4) is 0 Å². The van der Waals surface area contributed by atoms with Crippen molar-refractivity contribution in [1.29, 1.82) is 0 Å². The van der Waals surface area contributed by atoms with Gasteiger partial charge in [0.2, 0.25) is 5.91 Å². The van der Waals surface area contributed by atoms with Crippen molar-refractivity contribution in [3.8, 4) is 0 Å². The van der Waals surface area contributed by atoms with Gasteiger partial charge < -0.3 is 9.88 Å². The normalized spacial score (nSPS) is 11.1. The van der Waals surface area contributed by atoms with Crippen molar-refractivity contribution in [2.24, 2.45) is 7.05 Å². The molecule has 0 unspecified atom stereocenters. The number of carbonyl (C=O) groups is 1. The molecule has 0 bridgehead atoms. The predicted molar refractivity (Wildman–Crippen MR) is 105 cm³/mol. The number of nitrogens with one attached hydrogen (secondary N) is 1. The molecule has 1 amide bonds. The smallest absolute Gasteiger partial charge is 0.258 e. The number of likely N-dealkylation sites (N-methyl/N-ethyl adjacent to an activating group) is 1. The lowest BCUT2D eigenvalue weighted by Crippen LogP contribution is -2.33. The molecular weight excluding hydrogens is 366 g/mol. The summed E-state index contributed by atoms with van der Waals surface area (Å²) >= 11 is 6.00. The van der Waals surface area contributed by atoms with Crippen molar-refractivity contribution < 1.29 is 4.79 Å². The number of fused-ring (bicyclic) bond motifs is 1. The standard InChI is InChI=1S/C19H22ClN5O2/c1-5-25(18(26)9-15-11(2)23-24(4)12(15)3)10-17-21-16-8-13(20)6-7-14(16)19(27)22-17/h6-8H,5,9-10H2,1-4H3,(H,21,22,27). The number of nitrogens with zero attached hydrogens (tertiary/aromatic N) is 4. The second-order valence-corrected chi connectivity index (χ2v) is 6.97. The van der Waals surface area contributed by atoms with Gasteiger partial charge in [0.25, 0.3) is 5.56 Å². The first-order valence-corrected chi connectivity index (χ1v) is 9.13. The summed E-state index contributed by atoms with van der Waals surface area (Å²) in [6, 6.07) is 4.95. The van der Waals surface area contributed by atoms with E-state index in [4.69, 9.17) is 11.6 Å². The van der Waals surface area contributed by atoms with E-state index in [1.54, 1.807) is 27.8 Å². The Morgan fingerprint density at radius 2 is 2.07 bits per heavy atom. The van der Waals surface area contributed by atoms with Gasteiger partial charge in [0.05, 0.1) is 29.6 Å². The molecule has 2 aromatic heterocycles. The third kappa shape index (κ3) is 3.88. The fourth-order valence-electron chi connectivity index (χ4n) is 3.13. The van der Waals surface area contributed by atoms with Crippen molar-refractivity contribution in [1.82, 2.24) is 24.6 Å². The molecule has 0 saturated heterocycles. The van der Waals surface area contributed by atoms with E-state index in [2.05, 4.69) is 15.1 Å². The lowest BCUT2D eigenvalue weighted by atomic mass is 10.1. The summed E-state index contributed by atoms with van der Waals surface area (Å²) in [7, 11) is 1.86. The lowest BCUT2D eigenvalue weighted by molar-refractivity contribution is -0.131. The minimum Gasteiger partial charge on any atom is -0.335 e.